The molecule has 0 spiro atoms. The minimum Gasteiger partial charge on any atom is -0.397 e. The first-order chi connectivity index (χ1) is 9.78. The van der Waals surface area contributed by atoms with Crippen LogP contribution in [0.4, 0.5) is 37.7 Å². The SMILES string of the molecule is Nc1cc(C(F)(F)F)c(C(F)(F)CF)cc1NCP(=O)(O)O. The summed E-state index contributed by atoms with van der Waals surface area (Å²) in [5, 5.41) is 1.96. The fourth-order valence-corrected chi connectivity index (χ4v) is 1.94. The van der Waals surface area contributed by atoms with Crippen LogP contribution < -0.4 is 11.1 Å². The summed E-state index contributed by atoms with van der Waals surface area (Å²) in [5.74, 6) is -4.43. The second-order valence-corrected chi connectivity index (χ2v) is 5.97. The molecule has 0 radical (unpaired) electrons. The van der Waals surface area contributed by atoms with Crippen LogP contribution >= 0.6 is 7.60 Å². The Kier molecular flexibility index (Phi) is 5.05. The molecule has 0 aliphatic rings. The molecule has 0 aromatic heterocycles. The van der Waals surface area contributed by atoms with Crippen LogP contribution in [0.1, 0.15) is 11.1 Å². The molecule has 12 heteroatoms. The molecule has 0 amide bonds. The van der Waals surface area contributed by atoms with Gasteiger partial charge in [-0.05, 0) is 12.1 Å². The summed E-state index contributed by atoms with van der Waals surface area (Å²) >= 11 is 0. The molecule has 0 heterocycles. The fourth-order valence-electron chi connectivity index (χ4n) is 1.57. The maximum Gasteiger partial charge on any atom is 0.416 e. The Labute approximate surface area is 120 Å². The largest absolute Gasteiger partial charge is 0.416 e. The van der Waals surface area contributed by atoms with Crippen molar-refractivity contribution < 1.29 is 40.7 Å². The molecule has 1 aromatic rings. The highest BCUT2D eigenvalue weighted by Gasteiger charge is 2.43. The van der Waals surface area contributed by atoms with Crippen molar-refractivity contribution in [3.05, 3.63) is 23.3 Å². The van der Waals surface area contributed by atoms with Crippen molar-refractivity contribution in [1.29, 1.82) is 0 Å². The van der Waals surface area contributed by atoms with Crippen molar-refractivity contribution in [3.63, 3.8) is 0 Å². The van der Waals surface area contributed by atoms with Crippen LogP contribution in [0.2, 0.25) is 0 Å². The van der Waals surface area contributed by atoms with Crippen LogP contribution in [-0.4, -0.2) is 22.7 Å². The molecule has 22 heavy (non-hydrogen) atoms. The smallest absolute Gasteiger partial charge is 0.397 e. The Morgan fingerprint density at radius 3 is 2.09 bits per heavy atom. The molecular formula is C10H11F6N2O3P. The average molecular weight is 352 g/mol. The quantitative estimate of drug-likeness (QED) is 0.371. The molecule has 1 rings (SSSR count). The van der Waals surface area contributed by atoms with Gasteiger partial charge in [0.25, 0.3) is 0 Å². The zero-order valence-corrected chi connectivity index (χ0v) is 11.6. The molecular weight excluding hydrogens is 341 g/mol. The van der Waals surface area contributed by atoms with E-state index in [1.807, 2.05) is 5.32 Å². The van der Waals surface area contributed by atoms with Crippen LogP contribution in [0.3, 0.4) is 0 Å². The first kappa shape index (κ1) is 18.6. The molecule has 1 aromatic carbocycles. The molecule has 0 unspecified atom stereocenters. The Balaban J connectivity index is 3.41. The molecule has 0 atom stereocenters. The number of nitrogens with two attached hydrogens (primary N) is 1. The summed E-state index contributed by atoms with van der Waals surface area (Å²) in [7, 11) is -4.61. The van der Waals surface area contributed by atoms with E-state index in [4.69, 9.17) is 15.5 Å². The second-order valence-electron chi connectivity index (χ2n) is 4.32. The van der Waals surface area contributed by atoms with Gasteiger partial charge < -0.3 is 20.8 Å². The molecule has 0 saturated heterocycles. The lowest BCUT2D eigenvalue weighted by atomic mass is 9.99. The topological polar surface area (TPSA) is 95.6 Å². The maximum absolute atomic E-state index is 13.4. The Morgan fingerprint density at radius 1 is 1.14 bits per heavy atom. The molecule has 0 saturated carbocycles. The number of anilines is 2. The van der Waals surface area contributed by atoms with E-state index in [9.17, 15) is 30.9 Å². The van der Waals surface area contributed by atoms with Crippen LogP contribution in [0.25, 0.3) is 0 Å². The van der Waals surface area contributed by atoms with Gasteiger partial charge in [0, 0.05) is 5.56 Å². The Bertz CT molecular complexity index is 601. The number of rotatable bonds is 5. The van der Waals surface area contributed by atoms with Crippen LogP contribution in [0.15, 0.2) is 12.1 Å². The van der Waals surface area contributed by atoms with Crippen molar-refractivity contribution in [3.8, 4) is 0 Å². The number of halogens is 6. The van der Waals surface area contributed by atoms with Crippen LogP contribution in [-0.2, 0) is 16.7 Å². The molecule has 126 valence electrons. The lowest BCUT2D eigenvalue weighted by molar-refractivity contribution is -0.142. The number of hydrogen-bond acceptors (Lipinski definition) is 3. The van der Waals surface area contributed by atoms with Crippen molar-refractivity contribution in [2.45, 2.75) is 12.1 Å². The molecule has 5 N–H and O–H groups in total. The first-order valence-corrected chi connectivity index (χ1v) is 7.31. The first-order valence-electron chi connectivity index (χ1n) is 5.51. The normalized spacial score (nSPS) is 13.3. The predicted octanol–water partition coefficient (Wildman–Crippen LogP) is 2.90. The maximum atomic E-state index is 13.4. The lowest BCUT2D eigenvalue weighted by Crippen LogP contribution is -2.23. The average Bonchev–Trinajstić information content (AvgIpc) is 2.34. The molecule has 5 nitrogen and oxygen atoms in total. The van der Waals surface area contributed by atoms with E-state index < -0.39 is 55.2 Å². The van der Waals surface area contributed by atoms with E-state index in [0.717, 1.165) is 0 Å². The van der Waals surface area contributed by atoms with E-state index in [1.54, 1.807) is 0 Å². The van der Waals surface area contributed by atoms with E-state index in [1.165, 1.54) is 0 Å². The third-order valence-corrected chi connectivity index (χ3v) is 3.10. The fraction of sp³-hybridized carbons (Fsp3) is 0.400. The standard InChI is InChI=1S/C10H11F6N2O3P/c11-3-9(12,13)5-2-8(18-4-22(19,20)21)7(17)1-6(5)10(14,15)16/h1-2,18H,3-4,17H2,(H2,19,20,21). The van der Waals surface area contributed by atoms with Crippen LogP contribution in [0, 0.1) is 0 Å². The highest BCUT2D eigenvalue weighted by Crippen LogP contribution is 2.43. The lowest BCUT2D eigenvalue weighted by Gasteiger charge is -2.21. The van der Waals surface area contributed by atoms with Gasteiger partial charge in [-0.3, -0.25) is 4.57 Å². The Morgan fingerprint density at radius 2 is 1.68 bits per heavy atom. The van der Waals surface area contributed by atoms with Crippen LogP contribution in [0.5, 0.6) is 0 Å². The molecule has 0 aliphatic heterocycles. The minimum absolute atomic E-state index is 0.154. The van der Waals surface area contributed by atoms with Gasteiger partial charge >= 0.3 is 19.7 Å². The summed E-state index contributed by atoms with van der Waals surface area (Å²) < 4.78 is 88.0. The van der Waals surface area contributed by atoms with Gasteiger partial charge in [-0.1, -0.05) is 0 Å². The summed E-state index contributed by atoms with van der Waals surface area (Å²) in [4.78, 5) is 17.3. The second kappa shape index (κ2) is 5.98. The number of alkyl halides is 6. The number of nitrogen functional groups attached to an aromatic ring is 1. The van der Waals surface area contributed by atoms with Crippen molar-refractivity contribution in [2.75, 3.05) is 24.0 Å². The summed E-state index contributed by atoms with van der Waals surface area (Å²) in [6, 6.07) is 0.383. The zero-order valence-electron chi connectivity index (χ0n) is 10.7. The summed E-state index contributed by atoms with van der Waals surface area (Å²) in [5.41, 5.74) is 0.509. The summed E-state index contributed by atoms with van der Waals surface area (Å²) in [6.07, 6.45) is -6.24. The van der Waals surface area contributed by atoms with Crippen molar-refractivity contribution in [1.82, 2.24) is 0 Å². The zero-order chi connectivity index (χ0) is 17.3. The molecule has 0 fully saturated rings. The van der Waals surface area contributed by atoms with Gasteiger partial charge in [0.15, 0.2) is 6.67 Å². The van der Waals surface area contributed by atoms with E-state index in [0.29, 0.717) is 0 Å². The third-order valence-electron chi connectivity index (χ3n) is 2.53. The van der Waals surface area contributed by atoms with Gasteiger partial charge in [-0.15, -0.1) is 0 Å². The minimum atomic E-state index is -5.20. The Hall–Kier alpha value is -1.45. The monoisotopic (exact) mass is 352 g/mol. The van der Waals surface area contributed by atoms with Crippen molar-refractivity contribution in [2.24, 2.45) is 0 Å². The van der Waals surface area contributed by atoms with Crippen molar-refractivity contribution >= 4 is 19.0 Å². The number of hydrogen-bond donors (Lipinski definition) is 4. The van der Waals surface area contributed by atoms with E-state index in [2.05, 4.69) is 0 Å². The van der Waals surface area contributed by atoms with Gasteiger partial charge in [0.2, 0.25) is 0 Å². The summed E-state index contributed by atoms with van der Waals surface area (Å²) in [6.45, 7) is -2.38. The van der Waals surface area contributed by atoms with Gasteiger partial charge in [0.05, 0.1) is 16.9 Å². The van der Waals surface area contributed by atoms with Gasteiger partial charge in [0.1, 0.15) is 6.29 Å². The number of benzene rings is 1. The van der Waals surface area contributed by atoms with E-state index >= 15 is 0 Å². The predicted molar refractivity (Wildman–Crippen MR) is 66.3 cm³/mol. The van der Waals surface area contributed by atoms with E-state index in [-0.39, 0.29) is 12.1 Å². The van der Waals surface area contributed by atoms with Gasteiger partial charge in [-0.25, -0.2) is 4.39 Å². The highest BCUT2D eigenvalue weighted by atomic mass is 31.2. The molecule has 0 aliphatic carbocycles. The highest BCUT2D eigenvalue weighted by molar-refractivity contribution is 7.51. The number of nitrogens with one attached hydrogen (secondary N) is 1. The third kappa shape index (κ3) is 4.52. The van der Waals surface area contributed by atoms with Gasteiger partial charge in [-0.2, -0.15) is 22.0 Å². The molecule has 0 bridgehead atoms.